The zero-order chi connectivity index (χ0) is 10.8. The number of hydrogen-bond acceptors (Lipinski definition) is 2. The van der Waals surface area contributed by atoms with Crippen LogP contribution in [-0.4, -0.2) is 15.8 Å². The molecule has 0 heterocycles. The summed E-state index contributed by atoms with van der Waals surface area (Å²) in [5, 5.41) is 19.1. The van der Waals surface area contributed by atoms with E-state index in [0.717, 1.165) is 11.1 Å². The third-order valence-electron chi connectivity index (χ3n) is 1.90. The summed E-state index contributed by atoms with van der Waals surface area (Å²) in [7, 11) is 0. The van der Waals surface area contributed by atoms with Crippen molar-refractivity contribution in [1.82, 2.24) is 0 Å². The number of rotatable bonds is 2. The van der Waals surface area contributed by atoms with Gasteiger partial charge >= 0.3 is 0 Å². The molecule has 1 aromatic carbocycles. The molecule has 0 aliphatic carbocycles. The largest absolute Gasteiger partial charge is 0.507 e. The Balaban J connectivity index is 3.07. The van der Waals surface area contributed by atoms with Crippen LogP contribution in [0.15, 0.2) is 30.3 Å². The van der Waals surface area contributed by atoms with E-state index in [-0.39, 0.29) is 5.75 Å². The average molecular weight is 192 g/mol. The minimum Gasteiger partial charge on any atom is -0.507 e. The second-order valence-electron chi connectivity index (χ2n) is 4.00. The first-order valence-corrected chi connectivity index (χ1v) is 4.60. The molecule has 1 rings (SSSR count). The molecule has 0 fully saturated rings. The molecule has 0 atom stereocenters. The van der Waals surface area contributed by atoms with Gasteiger partial charge in [-0.05, 0) is 32.4 Å². The normalized spacial score (nSPS) is 13.0. The lowest BCUT2D eigenvalue weighted by molar-refractivity contribution is 0.133. The fourth-order valence-electron chi connectivity index (χ4n) is 1.41. The highest BCUT2D eigenvalue weighted by molar-refractivity contribution is 5.69. The SMILES string of the molecule is CC(=CC(C)(C)O)c1ccccc1O. The van der Waals surface area contributed by atoms with Gasteiger partial charge in [0.05, 0.1) is 5.60 Å². The summed E-state index contributed by atoms with van der Waals surface area (Å²) in [5.74, 6) is 0.241. The van der Waals surface area contributed by atoms with E-state index in [0.29, 0.717) is 0 Å². The van der Waals surface area contributed by atoms with Crippen LogP contribution in [0.3, 0.4) is 0 Å². The highest BCUT2D eigenvalue weighted by atomic mass is 16.3. The lowest BCUT2D eigenvalue weighted by atomic mass is 10.00. The minimum atomic E-state index is -0.855. The van der Waals surface area contributed by atoms with Crippen LogP contribution in [-0.2, 0) is 0 Å². The van der Waals surface area contributed by atoms with Crippen molar-refractivity contribution in [2.45, 2.75) is 26.4 Å². The highest BCUT2D eigenvalue weighted by Gasteiger charge is 2.10. The van der Waals surface area contributed by atoms with E-state index < -0.39 is 5.60 Å². The minimum absolute atomic E-state index is 0.241. The summed E-state index contributed by atoms with van der Waals surface area (Å²) in [6.07, 6.45) is 1.72. The molecule has 0 radical (unpaired) electrons. The van der Waals surface area contributed by atoms with Crippen LogP contribution in [0.2, 0.25) is 0 Å². The summed E-state index contributed by atoms with van der Waals surface area (Å²) >= 11 is 0. The first kappa shape index (κ1) is 10.8. The summed E-state index contributed by atoms with van der Waals surface area (Å²) < 4.78 is 0. The van der Waals surface area contributed by atoms with Gasteiger partial charge < -0.3 is 10.2 Å². The van der Waals surface area contributed by atoms with Crippen LogP contribution >= 0.6 is 0 Å². The van der Waals surface area contributed by atoms with Crippen molar-refractivity contribution < 1.29 is 10.2 Å². The van der Waals surface area contributed by atoms with Crippen LogP contribution in [0.25, 0.3) is 5.57 Å². The summed E-state index contributed by atoms with van der Waals surface area (Å²) in [6.45, 7) is 5.28. The van der Waals surface area contributed by atoms with E-state index in [1.807, 2.05) is 19.1 Å². The standard InChI is InChI=1S/C12H16O2/c1-9(8-12(2,3)14)10-6-4-5-7-11(10)13/h4-8,13-14H,1-3H3. The monoisotopic (exact) mass is 192 g/mol. The average Bonchev–Trinajstić information content (AvgIpc) is 2.01. The maximum absolute atomic E-state index is 9.58. The molecule has 2 heteroatoms. The molecule has 14 heavy (non-hydrogen) atoms. The first-order valence-electron chi connectivity index (χ1n) is 4.60. The van der Waals surface area contributed by atoms with Crippen LogP contribution in [0, 0.1) is 0 Å². The number of aliphatic hydroxyl groups is 1. The smallest absolute Gasteiger partial charge is 0.123 e. The summed E-state index contributed by atoms with van der Waals surface area (Å²) in [4.78, 5) is 0. The van der Waals surface area contributed by atoms with Crippen molar-refractivity contribution in [3.05, 3.63) is 35.9 Å². The number of benzene rings is 1. The zero-order valence-corrected chi connectivity index (χ0v) is 8.78. The second kappa shape index (κ2) is 3.84. The third kappa shape index (κ3) is 2.89. The van der Waals surface area contributed by atoms with E-state index in [1.54, 1.807) is 32.1 Å². The molecule has 0 saturated carbocycles. The maximum Gasteiger partial charge on any atom is 0.123 e. The van der Waals surface area contributed by atoms with Crippen molar-refractivity contribution in [2.75, 3.05) is 0 Å². The maximum atomic E-state index is 9.58. The topological polar surface area (TPSA) is 40.5 Å². The number of hydrogen-bond donors (Lipinski definition) is 2. The van der Waals surface area contributed by atoms with Crippen LogP contribution in [0.5, 0.6) is 5.75 Å². The molecule has 0 aromatic heterocycles. The molecular weight excluding hydrogens is 176 g/mol. The molecule has 2 N–H and O–H groups in total. The van der Waals surface area contributed by atoms with E-state index in [9.17, 15) is 10.2 Å². The molecule has 0 aliphatic heterocycles. The third-order valence-corrected chi connectivity index (χ3v) is 1.90. The summed E-state index contributed by atoms with van der Waals surface area (Å²) in [6, 6.07) is 7.09. The molecule has 0 aliphatic rings. The molecule has 0 saturated heterocycles. The Labute approximate surface area is 84.5 Å². The van der Waals surface area contributed by atoms with Crippen LogP contribution < -0.4 is 0 Å². The Kier molecular flexibility index (Phi) is 2.96. The van der Waals surface area contributed by atoms with E-state index in [4.69, 9.17) is 0 Å². The van der Waals surface area contributed by atoms with Gasteiger partial charge in [0.15, 0.2) is 0 Å². The van der Waals surface area contributed by atoms with Gasteiger partial charge in [-0.2, -0.15) is 0 Å². The van der Waals surface area contributed by atoms with E-state index in [2.05, 4.69) is 0 Å². The molecule has 1 aromatic rings. The first-order chi connectivity index (χ1) is 6.40. The fourth-order valence-corrected chi connectivity index (χ4v) is 1.41. The van der Waals surface area contributed by atoms with Crippen molar-refractivity contribution >= 4 is 5.57 Å². The number of allylic oxidation sites excluding steroid dienone is 1. The van der Waals surface area contributed by atoms with Crippen molar-refractivity contribution in [3.63, 3.8) is 0 Å². The number of phenols is 1. The predicted octanol–water partition coefficient (Wildman–Crippen LogP) is 2.57. The molecule has 2 nitrogen and oxygen atoms in total. The van der Waals surface area contributed by atoms with Gasteiger partial charge in [0.25, 0.3) is 0 Å². The molecular formula is C12H16O2. The van der Waals surface area contributed by atoms with Crippen molar-refractivity contribution in [2.24, 2.45) is 0 Å². The van der Waals surface area contributed by atoms with Gasteiger partial charge in [0.2, 0.25) is 0 Å². The molecule has 76 valence electrons. The van der Waals surface area contributed by atoms with Gasteiger partial charge in [-0.1, -0.05) is 24.3 Å². The van der Waals surface area contributed by atoms with E-state index in [1.165, 1.54) is 0 Å². The fraction of sp³-hybridized carbons (Fsp3) is 0.333. The molecule has 0 bridgehead atoms. The van der Waals surface area contributed by atoms with Crippen molar-refractivity contribution in [1.29, 1.82) is 0 Å². The van der Waals surface area contributed by atoms with Crippen molar-refractivity contribution in [3.8, 4) is 5.75 Å². The quantitative estimate of drug-likeness (QED) is 0.756. The Hall–Kier alpha value is -1.28. The van der Waals surface area contributed by atoms with Gasteiger partial charge in [0.1, 0.15) is 5.75 Å². The summed E-state index contributed by atoms with van der Waals surface area (Å²) in [5.41, 5.74) is 0.775. The van der Waals surface area contributed by atoms with Gasteiger partial charge in [-0.15, -0.1) is 0 Å². The van der Waals surface area contributed by atoms with Gasteiger partial charge in [-0.25, -0.2) is 0 Å². The lowest BCUT2D eigenvalue weighted by Gasteiger charge is -2.14. The Morgan fingerprint density at radius 1 is 1.29 bits per heavy atom. The Morgan fingerprint density at radius 3 is 2.36 bits per heavy atom. The van der Waals surface area contributed by atoms with E-state index >= 15 is 0 Å². The number of phenolic OH excluding ortho intramolecular Hbond substituents is 1. The van der Waals surface area contributed by atoms with Crippen LogP contribution in [0.4, 0.5) is 0 Å². The van der Waals surface area contributed by atoms with Gasteiger partial charge in [-0.3, -0.25) is 0 Å². The lowest BCUT2D eigenvalue weighted by Crippen LogP contribution is -2.14. The number of para-hydroxylation sites is 1. The second-order valence-corrected chi connectivity index (χ2v) is 4.00. The molecule has 0 amide bonds. The molecule has 0 spiro atoms. The van der Waals surface area contributed by atoms with Gasteiger partial charge in [0, 0.05) is 5.56 Å². The Bertz CT molecular complexity index is 346. The predicted molar refractivity (Wildman–Crippen MR) is 58.1 cm³/mol. The zero-order valence-electron chi connectivity index (χ0n) is 8.78. The highest BCUT2D eigenvalue weighted by Crippen LogP contribution is 2.25. The molecule has 0 unspecified atom stereocenters. The Morgan fingerprint density at radius 2 is 1.86 bits per heavy atom. The van der Waals surface area contributed by atoms with Crippen LogP contribution in [0.1, 0.15) is 26.3 Å². The number of aromatic hydroxyl groups is 1.